The highest BCUT2D eigenvalue weighted by atomic mass is 16.4. The lowest BCUT2D eigenvalue weighted by atomic mass is 9.93. The highest BCUT2D eigenvalue weighted by molar-refractivity contribution is 5.66. The number of carboxylic acids is 1. The van der Waals surface area contributed by atoms with Crippen molar-refractivity contribution in [2.24, 2.45) is 0 Å². The number of nitrogens with zero attached hydrogens (tertiary/aromatic N) is 1. The average Bonchev–Trinajstić information content (AvgIpc) is 2.52. The van der Waals surface area contributed by atoms with Crippen LogP contribution in [0.4, 0.5) is 0 Å². The lowest BCUT2D eigenvalue weighted by molar-refractivity contribution is -0.137. The van der Waals surface area contributed by atoms with Gasteiger partial charge in [-0.25, -0.2) is 0 Å². The maximum atomic E-state index is 10.9. The normalized spacial score (nSPS) is 21.1. The molecular weight excluding hydrogens is 262 g/mol. The van der Waals surface area contributed by atoms with Crippen molar-refractivity contribution >= 4 is 5.97 Å². The Labute approximate surface area is 128 Å². The summed E-state index contributed by atoms with van der Waals surface area (Å²) in [7, 11) is 0. The zero-order valence-corrected chi connectivity index (χ0v) is 13.0. The van der Waals surface area contributed by atoms with Crippen LogP contribution < -0.4 is 0 Å². The quantitative estimate of drug-likeness (QED) is 0.831. The number of carboxylic acid groups (broad SMARTS) is 1. The van der Waals surface area contributed by atoms with Gasteiger partial charge in [-0.05, 0) is 44.2 Å². The van der Waals surface area contributed by atoms with Gasteiger partial charge in [-0.2, -0.15) is 0 Å². The van der Waals surface area contributed by atoms with Crippen molar-refractivity contribution in [3.05, 3.63) is 35.9 Å². The summed E-state index contributed by atoms with van der Waals surface area (Å²) in [6.07, 6.45) is 6.92. The number of rotatable bonds is 7. The van der Waals surface area contributed by atoms with E-state index < -0.39 is 5.97 Å². The van der Waals surface area contributed by atoms with Gasteiger partial charge in [0, 0.05) is 18.5 Å². The van der Waals surface area contributed by atoms with Gasteiger partial charge >= 0.3 is 5.97 Å². The molecule has 1 N–H and O–H groups in total. The summed E-state index contributed by atoms with van der Waals surface area (Å²) < 4.78 is 0. The maximum absolute atomic E-state index is 10.9. The van der Waals surface area contributed by atoms with E-state index in [9.17, 15) is 4.79 Å². The zero-order chi connectivity index (χ0) is 15.1. The predicted molar refractivity (Wildman–Crippen MR) is 85.4 cm³/mol. The van der Waals surface area contributed by atoms with Crippen LogP contribution in [0.5, 0.6) is 0 Å². The molecule has 1 aromatic rings. The van der Waals surface area contributed by atoms with Crippen LogP contribution >= 0.6 is 0 Å². The molecule has 1 aliphatic heterocycles. The molecule has 0 aromatic heterocycles. The second kappa shape index (κ2) is 8.18. The minimum atomic E-state index is -0.670. The van der Waals surface area contributed by atoms with Gasteiger partial charge in [-0.3, -0.25) is 9.69 Å². The average molecular weight is 289 g/mol. The molecule has 0 aliphatic carbocycles. The first-order valence-corrected chi connectivity index (χ1v) is 8.22. The van der Waals surface area contributed by atoms with Crippen molar-refractivity contribution in [1.29, 1.82) is 0 Å². The van der Waals surface area contributed by atoms with Crippen molar-refractivity contribution in [1.82, 2.24) is 4.90 Å². The molecule has 2 atom stereocenters. The Kier molecular flexibility index (Phi) is 6.24. The first kappa shape index (κ1) is 16.0. The molecule has 1 aromatic carbocycles. The SMILES string of the molecule is CCC(Cc1ccccc1)N1CCCCC1CCC(=O)O. The molecule has 0 saturated carbocycles. The third-order valence-corrected chi connectivity index (χ3v) is 4.62. The van der Waals surface area contributed by atoms with Gasteiger partial charge in [0.05, 0.1) is 0 Å². The Morgan fingerprint density at radius 2 is 2.10 bits per heavy atom. The van der Waals surface area contributed by atoms with E-state index in [1.54, 1.807) is 0 Å². The predicted octanol–water partition coefficient (Wildman–Crippen LogP) is 3.73. The maximum Gasteiger partial charge on any atom is 0.303 e. The van der Waals surface area contributed by atoms with Gasteiger partial charge in [-0.15, -0.1) is 0 Å². The first-order chi connectivity index (χ1) is 10.2. The fourth-order valence-corrected chi connectivity index (χ4v) is 3.49. The second-order valence-electron chi connectivity index (χ2n) is 6.07. The molecule has 3 heteroatoms. The molecule has 0 radical (unpaired) electrons. The summed E-state index contributed by atoms with van der Waals surface area (Å²) in [5.41, 5.74) is 1.38. The molecule has 1 saturated heterocycles. The summed E-state index contributed by atoms with van der Waals surface area (Å²) >= 11 is 0. The van der Waals surface area contributed by atoms with Gasteiger partial charge in [0.1, 0.15) is 0 Å². The molecule has 1 fully saturated rings. The third-order valence-electron chi connectivity index (χ3n) is 4.62. The van der Waals surface area contributed by atoms with E-state index >= 15 is 0 Å². The van der Waals surface area contributed by atoms with E-state index in [1.807, 2.05) is 0 Å². The minimum absolute atomic E-state index is 0.295. The van der Waals surface area contributed by atoms with Crippen LogP contribution in [0.1, 0.15) is 51.0 Å². The van der Waals surface area contributed by atoms with Gasteiger partial charge in [0.25, 0.3) is 0 Å². The van der Waals surface area contributed by atoms with Gasteiger partial charge < -0.3 is 5.11 Å². The van der Waals surface area contributed by atoms with Crippen LogP contribution in [-0.2, 0) is 11.2 Å². The summed E-state index contributed by atoms with van der Waals surface area (Å²) in [5.74, 6) is -0.670. The monoisotopic (exact) mass is 289 g/mol. The van der Waals surface area contributed by atoms with E-state index in [0.717, 1.165) is 32.2 Å². The topological polar surface area (TPSA) is 40.5 Å². The highest BCUT2D eigenvalue weighted by Crippen LogP contribution is 2.26. The fourth-order valence-electron chi connectivity index (χ4n) is 3.49. The number of piperidine rings is 1. The van der Waals surface area contributed by atoms with Crippen LogP contribution in [0.3, 0.4) is 0 Å². The zero-order valence-electron chi connectivity index (χ0n) is 13.0. The molecule has 2 unspecified atom stereocenters. The molecule has 21 heavy (non-hydrogen) atoms. The summed E-state index contributed by atoms with van der Waals surface area (Å²) in [6.45, 7) is 3.37. The standard InChI is InChI=1S/C18H27NO2/c1-2-16(14-15-8-4-3-5-9-15)19-13-7-6-10-17(19)11-12-18(20)21/h3-5,8-9,16-17H,2,6-7,10-14H2,1H3,(H,20,21). The molecule has 0 spiro atoms. The Morgan fingerprint density at radius 1 is 1.33 bits per heavy atom. The molecule has 0 bridgehead atoms. The third kappa shape index (κ3) is 4.85. The molecule has 116 valence electrons. The first-order valence-electron chi connectivity index (χ1n) is 8.22. The van der Waals surface area contributed by atoms with Crippen molar-refractivity contribution in [2.75, 3.05) is 6.54 Å². The minimum Gasteiger partial charge on any atom is -0.481 e. The van der Waals surface area contributed by atoms with E-state index in [0.29, 0.717) is 18.5 Å². The molecular formula is C18H27NO2. The van der Waals surface area contributed by atoms with E-state index in [2.05, 4.69) is 42.2 Å². The highest BCUT2D eigenvalue weighted by Gasteiger charge is 2.28. The summed E-state index contributed by atoms with van der Waals surface area (Å²) in [6, 6.07) is 11.6. The number of carbonyl (C=O) groups is 1. The number of likely N-dealkylation sites (tertiary alicyclic amines) is 1. The molecule has 0 amide bonds. The van der Waals surface area contributed by atoms with Gasteiger partial charge in [0.15, 0.2) is 0 Å². The van der Waals surface area contributed by atoms with E-state index in [1.165, 1.54) is 18.4 Å². The van der Waals surface area contributed by atoms with Gasteiger partial charge in [-0.1, -0.05) is 43.7 Å². The lowest BCUT2D eigenvalue weighted by Crippen LogP contribution is -2.47. The number of aliphatic carboxylic acids is 1. The number of benzene rings is 1. The van der Waals surface area contributed by atoms with Crippen LogP contribution in [0.2, 0.25) is 0 Å². The lowest BCUT2D eigenvalue weighted by Gasteiger charge is -2.41. The molecule has 1 heterocycles. The van der Waals surface area contributed by atoms with E-state index in [4.69, 9.17) is 5.11 Å². The Morgan fingerprint density at radius 3 is 2.76 bits per heavy atom. The van der Waals surface area contributed by atoms with Crippen LogP contribution in [0.15, 0.2) is 30.3 Å². The molecule has 2 rings (SSSR count). The van der Waals surface area contributed by atoms with Gasteiger partial charge in [0.2, 0.25) is 0 Å². The summed E-state index contributed by atoms with van der Waals surface area (Å²) in [5, 5.41) is 8.94. The Balaban J connectivity index is 2.01. The number of hydrogen-bond acceptors (Lipinski definition) is 2. The van der Waals surface area contributed by atoms with Crippen LogP contribution in [0, 0.1) is 0 Å². The number of hydrogen-bond donors (Lipinski definition) is 1. The Bertz CT molecular complexity index is 432. The van der Waals surface area contributed by atoms with Crippen molar-refractivity contribution in [2.45, 2.75) is 64.0 Å². The largest absolute Gasteiger partial charge is 0.481 e. The smallest absolute Gasteiger partial charge is 0.303 e. The van der Waals surface area contributed by atoms with E-state index in [-0.39, 0.29) is 0 Å². The van der Waals surface area contributed by atoms with Crippen LogP contribution in [0.25, 0.3) is 0 Å². The fraction of sp³-hybridized carbons (Fsp3) is 0.611. The second-order valence-corrected chi connectivity index (χ2v) is 6.07. The molecule has 1 aliphatic rings. The van der Waals surface area contributed by atoms with Crippen LogP contribution in [-0.4, -0.2) is 34.6 Å². The van der Waals surface area contributed by atoms with Crippen molar-refractivity contribution < 1.29 is 9.90 Å². The van der Waals surface area contributed by atoms with Crippen molar-refractivity contribution in [3.63, 3.8) is 0 Å². The molecule has 3 nitrogen and oxygen atoms in total. The van der Waals surface area contributed by atoms with Crippen molar-refractivity contribution in [3.8, 4) is 0 Å². The Hall–Kier alpha value is -1.35. The summed E-state index contributed by atoms with van der Waals surface area (Å²) in [4.78, 5) is 13.4.